The predicted molar refractivity (Wildman–Crippen MR) is 124 cm³/mol. The molecule has 1 aliphatic carbocycles. The summed E-state index contributed by atoms with van der Waals surface area (Å²) in [4.78, 5) is 61.0. The summed E-state index contributed by atoms with van der Waals surface area (Å²) >= 11 is 0. The van der Waals surface area contributed by atoms with E-state index in [9.17, 15) is 19.2 Å². The second-order valence-corrected chi connectivity index (χ2v) is 9.12. The number of amides is 5. The van der Waals surface area contributed by atoms with Crippen LogP contribution in [0.25, 0.3) is 0 Å². The Labute approximate surface area is 202 Å². The molecule has 5 amide bonds. The maximum absolute atomic E-state index is 13.4. The summed E-state index contributed by atoms with van der Waals surface area (Å²) in [5, 5.41) is 5.19. The zero-order valence-corrected chi connectivity index (χ0v) is 19.5. The quantitative estimate of drug-likeness (QED) is 0.578. The lowest BCUT2D eigenvalue weighted by Gasteiger charge is -2.26. The number of nitrogens with one attached hydrogen (secondary N) is 3. The number of rotatable bonds is 6. The predicted octanol–water partition coefficient (Wildman–Crippen LogP) is 1.91. The fourth-order valence-corrected chi connectivity index (χ4v) is 5.35. The summed E-state index contributed by atoms with van der Waals surface area (Å²) in [5.74, 6) is 0.115. The van der Waals surface area contributed by atoms with E-state index in [2.05, 4.69) is 20.6 Å². The lowest BCUT2D eigenvalue weighted by molar-refractivity contribution is -0.142. The molecule has 2 unspecified atom stereocenters. The van der Waals surface area contributed by atoms with Crippen LogP contribution >= 0.6 is 0 Å². The molecular weight excluding hydrogens is 452 g/mol. The maximum Gasteiger partial charge on any atom is 0.418 e. The van der Waals surface area contributed by atoms with Crippen LogP contribution in [0.2, 0.25) is 0 Å². The van der Waals surface area contributed by atoms with Gasteiger partial charge in [-0.3, -0.25) is 9.59 Å². The molecule has 2 fully saturated rings. The van der Waals surface area contributed by atoms with Gasteiger partial charge in [0.15, 0.2) is 0 Å². The number of aromatic amines is 1. The number of ether oxygens (including phenoxy) is 1. The van der Waals surface area contributed by atoms with Crippen LogP contribution in [-0.4, -0.2) is 69.9 Å². The molecule has 2 atom stereocenters. The molecule has 2 aliphatic heterocycles. The topological polar surface area (TPSA) is 137 Å². The molecule has 184 valence electrons. The van der Waals surface area contributed by atoms with Gasteiger partial charge in [-0.25, -0.2) is 19.5 Å². The lowest BCUT2D eigenvalue weighted by atomic mass is 9.94. The Balaban J connectivity index is 1.27. The monoisotopic (exact) mass is 480 g/mol. The molecule has 0 saturated carbocycles. The summed E-state index contributed by atoms with van der Waals surface area (Å²) in [6, 6.07) is 4.85. The van der Waals surface area contributed by atoms with Gasteiger partial charge in [0.1, 0.15) is 12.4 Å². The zero-order chi connectivity index (χ0) is 24.6. The van der Waals surface area contributed by atoms with Gasteiger partial charge < -0.3 is 25.3 Å². The molecule has 2 aromatic rings. The third kappa shape index (κ3) is 4.11. The average Bonchev–Trinajstić information content (AvgIpc) is 3.63. The van der Waals surface area contributed by atoms with E-state index in [1.54, 1.807) is 35.5 Å². The fraction of sp³-hybridized carbons (Fsp3) is 0.458. The van der Waals surface area contributed by atoms with E-state index in [1.807, 2.05) is 0 Å². The van der Waals surface area contributed by atoms with Crippen LogP contribution in [-0.2, 0) is 32.8 Å². The number of nitrogens with zero attached hydrogens (tertiary/aromatic N) is 3. The Morgan fingerprint density at radius 1 is 1.31 bits per heavy atom. The van der Waals surface area contributed by atoms with Crippen molar-refractivity contribution >= 4 is 29.6 Å². The summed E-state index contributed by atoms with van der Waals surface area (Å²) in [6.45, 7) is 0.274. The number of hydrogen-bond acceptors (Lipinski definition) is 6. The Morgan fingerprint density at radius 3 is 2.94 bits per heavy atom. The number of carbonyl (C=O) groups excluding carboxylic acids is 4. The second-order valence-electron chi connectivity index (χ2n) is 9.12. The van der Waals surface area contributed by atoms with Crippen LogP contribution in [0, 0.1) is 0 Å². The number of H-pyrrole nitrogens is 1. The van der Waals surface area contributed by atoms with Crippen LogP contribution in [0.4, 0.5) is 15.3 Å². The number of carbonyl (C=O) groups is 4. The number of anilines is 1. The number of fused-ring (bicyclic) bond motifs is 2. The lowest BCUT2D eigenvalue weighted by Crippen LogP contribution is -2.46. The van der Waals surface area contributed by atoms with Crippen molar-refractivity contribution in [1.29, 1.82) is 0 Å². The zero-order valence-electron chi connectivity index (χ0n) is 19.5. The molecule has 3 aliphatic rings. The number of aromatic nitrogens is 2. The van der Waals surface area contributed by atoms with Gasteiger partial charge in [-0.15, -0.1) is 0 Å². The van der Waals surface area contributed by atoms with Crippen molar-refractivity contribution in [2.45, 2.75) is 50.2 Å². The molecule has 3 N–H and O–H groups in total. The standard InChI is InChI=1S/C24H28N6O5/c1-25-22(33)28-16-4-6-18-15(13-16)8-9-24(18)21(32)30(23(34)35-24)14-20(31)29-12-2-3-17(29)5-7-19-26-10-11-27-19/h4,6,10-11,13,17H,2-3,5,7-9,12,14H2,1H3,(H,26,27)(H2,25,28,33). The number of imide groups is 1. The largest absolute Gasteiger partial charge is 0.427 e. The maximum atomic E-state index is 13.4. The molecule has 0 radical (unpaired) electrons. The highest BCUT2D eigenvalue weighted by Gasteiger charge is 2.58. The first-order valence-electron chi connectivity index (χ1n) is 11.9. The minimum Gasteiger partial charge on any atom is -0.427 e. The highest BCUT2D eigenvalue weighted by Crippen LogP contribution is 2.46. The number of imidazole rings is 1. The summed E-state index contributed by atoms with van der Waals surface area (Å²) in [7, 11) is 1.52. The molecule has 1 aromatic heterocycles. The second kappa shape index (κ2) is 9.05. The van der Waals surface area contributed by atoms with Crippen LogP contribution in [0.1, 0.15) is 42.6 Å². The number of likely N-dealkylation sites (tertiary alicyclic amines) is 1. The Hall–Kier alpha value is -3.89. The minimum atomic E-state index is -1.41. The SMILES string of the molecule is CNC(=O)Nc1ccc2c(c1)CCC21OC(=O)N(CC(=O)N2CCCC2CCc2ncc[nH]2)C1=O. The normalized spacial score (nSPS) is 23.1. The molecule has 1 aromatic carbocycles. The van der Waals surface area contributed by atoms with Crippen LogP contribution in [0.5, 0.6) is 0 Å². The number of aryl methyl sites for hydroxylation is 2. The summed E-state index contributed by atoms with van der Waals surface area (Å²) in [6.07, 6.45) is 6.75. The highest BCUT2D eigenvalue weighted by atomic mass is 16.6. The molecule has 1 spiro atoms. The van der Waals surface area contributed by atoms with Crippen molar-refractivity contribution in [1.82, 2.24) is 25.1 Å². The van der Waals surface area contributed by atoms with Crippen LogP contribution in [0.15, 0.2) is 30.6 Å². The van der Waals surface area contributed by atoms with Crippen molar-refractivity contribution in [3.05, 3.63) is 47.5 Å². The molecule has 2 saturated heterocycles. The Bertz CT molecular complexity index is 1170. The van der Waals surface area contributed by atoms with E-state index in [0.717, 1.165) is 42.0 Å². The smallest absolute Gasteiger partial charge is 0.418 e. The van der Waals surface area contributed by atoms with E-state index >= 15 is 0 Å². The van der Waals surface area contributed by atoms with Gasteiger partial charge in [-0.05, 0) is 43.4 Å². The average molecular weight is 481 g/mol. The molecule has 35 heavy (non-hydrogen) atoms. The first kappa shape index (κ1) is 22.9. The van der Waals surface area contributed by atoms with Gasteiger partial charge in [-0.2, -0.15) is 0 Å². The fourth-order valence-electron chi connectivity index (χ4n) is 5.35. The van der Waals surface area contributed by atoms with E-state index in [0.29, 0.717) is 30.6 Å². The highest BCUT2D eigenvalue weighted by molar-refractivity contribution is 6.06. The molecular formula is C24H28N6O5. The van der Waals surface area contributed by atoms with Crippen LogP contribution < -0.4 is 10.6 Å². The number of urea groups is 1. The minimum absolute atomic E-state index is 0.0498. The Kier molecular flexibility index (Phi) is 5.91. The van der Waals surface area contributed by atoms with Crippen molar-refractivity contribution < 1.29 is 23.9 Å². The molecule has 11 heteroatoms. The van der Waals surface area contributed by atoms with E-state index in [1.165, 1.54) is 7.05 Å². The number of benzene rings is 1. The van der Waals surface area contributed by atoms with Crippen molar-refractivity contribution in [2.75, 3.05) is 25.5 Å². The van der Waals surface area contributed by atoms with Gasteiger partial charge in [-0.1, -0.05) is 6.07 Å². The van der Waals surface area contributed by atoms with Crippen LogP contribution in [0.3, 0.4) is 0 Å². The van der Waals surface area contributed by atoms with E-state index < -0.39 is 17.6 Å². The van der Waals surface area contributed by atoms with Gasteiger partial charge >= 0.3 is 12.1 Å². The molecule has 5 rings (SSSR count). The van der Waals surface area contributed by atoms with Gasteiger partial charge in [0.25, 0.3) is 5.91 Å². The van der Waals surface area contributed by atoms with Gasteiger partial charge in [0.2, 0.25) is 11.5 Å². The molecule has 11 nitrogen and oxygen atoms in total. The third-order valence-corrected chi connectivity index (χ3v) is 7.10. The molecule has 3 heterocycles. The summed E-state index contributed by atoms with van der Waals surface area (Å²) in [5.41, 5.74) is 0.595. The van der Waals surface area contributed by atoms with Crippen molar-refractivity contribution in [3.63, 3.8) is 0 Å². The van der Waals surface area contributed by atoms with Gasteiger partial charge in [0.05, 0.1) is 0 Å². The van der Waals surface area contributed by atoms with Crippen molar-refractivity contribution in [2.24, 2.45) is 0 Å². The first-order valence-corrected chi connectivity index (χ1v) is 11.9. The summed E-state index contributed by atoms with van der Waals surface area (Å²) < 4.78 is 5.64. The third-order valence-electron chi connectivity index (χ3n) is 7.10. The van der Waals surface area contributed by atoms with Gasteiger partial charge in [0, 0.05) is 56.1 Å². The Morgan fingerprint density at radius 2 is 2.17 bits per heavy atom. The number of hydrogen-bond donors (Lipinski definition) is 3. The molecule has 0 bridgehead atoms. The van der Waals surface area contributed by atoms with Crippen molar-refractivity contribution in [3.8, 4) is 0 Å². The van der Waals surface area contributed by atoms with E-state index in [-0.39, 0.29) is 24.5 Å². The van der Waals surface area contributed by atoms with E-state index in [4.69, 9.17) is 4.74 Å². The first-order chi connectivity index (χ1) is 16.9.